The number of rotatable bonds is 3. The Morgan fingerprint density at radius 3 is 2.73 bits per heavy atom. The minimum Gasteiger partial charge on any atom is -0.462 e. The summed E-state index contributed by atoms with van der Waals surface area (Å²) in [6, 6.07) is 11.3. The number of fused-ring (bicyclic) bond motifs is 1. The molecule has 22 heavy (non-hydrogen) atoms. The number of carbonyl (C=O) groups excluding carboxylic acids is 1. The summed E-state index contributed by atoms with van der Waals surface area (Å²) < 4.78 is 6.16. The Balaban J connectivity index is 2.07. The third kappa shape index (κ3) is 2.96. The molecule has 112 valence electrons. The number of aromatic amines is 1. The first-order chi connectivity index (χ1) is 10.6. The topological polar surface area (TPSA) is 55.0 Å². The Bertz CT molecular complexity index is 843. The molecule has 3 rings (SSSR count). The van der Waals surface area contributed by atoms with Gasteiger partial charge < -0.3 is 9.72 Å². The Kier molecular flexibility index (Phi) is 4.35. The predicted molar refractivity (Wildman–Crippen MR) is 95.2 cm³/mol. The highest BCUT2D eigenvalue weighted by molar-refractivity contribution is 14.1. The SMILES string of the molecule is CCOC(=O)c1cc(Cl)c2nc(-c3ccc(I)cc3)[nH]c2c1. The van der Waals surface area contributed by atoms with E-state index in [1.54, 1.807) is 19.1 Å². The Labute approximate surface area is 146 Å². The van der Waals surface area contributed by atoms with Crippen LogP contribution in [-0.2, 0) is 4.74 Å². The zero-order chi connectivity index (χ0) is 15.7. The van der Waals surface area contributed by atoms with E-state index in [0.29, 0.717) is 34.1 Å². The summed E-state index contributed by atoms with van der Waals surface area (Å²) in [5.41, 5.74) is 2.73. The molecule has 0 saturated carbocycles. The molecule has 1 aromatic heterocycles. The second-order valence-electron chi connectivity index (χ2n) is 4.67. The lowest BCUT2D eigenvalue weighted by molar-refractivity contribution is 0.0526. The van der Waals surface area contributed by atoms with Crippen molar-refractivity contribution < 1.29 is 9.53 Å². The van der Waals surface area contributed by atoms with Crippen LogP contribution in [0.2, 0.25) is 5.02 Å². The van der Waals surface area contributed by atoms with Crippen molar-refractivity contribution in [1.29, 1.82) is 0 Å². The van der Waals surface area contributed by atoms with Crippen LogP contribution in [0.25, 0.3) is 22.4 Å². The van der Waals surface area contributed by atoms with Gasteiger partial charge in [-0.05, 0) is 53.8 Å². The zero-order valence-electron chi connectivity index (χ0n) is 11.7. The molecule has 0 bridgehead atoms. The molecule has 0 aliphatic carbocycles. The van der Waals surface area contributed by atoms with Crippen LogP contribution in [-0.4, -0.2) is 22.5 Å². The first-order valence-corrected chi connectivity index (χ1v) is 8.16. The van der Waals surface area contributed by atoms with Gasteiger partial charge in [0.05, 0.1) is 22.7 Å². The highest BCUT2D eigenvalue weighted by Crippen LogP contribution is 2.27. The minimum absolute atomic E-state index is 0.325. The zero-order valence-corrected chi connectivity index (χ0v) is 14.6. The number of esters is 1. The van der Waals surface area contributed by atoms with E-state index in [1.165, 1.54) is 0 Å². The first-order valence-electron chi connectivity index (χ1n) is 6.71. The third-order valence-electron chi connectivity index (χ3n) is 3.17. The summed E-state index contributed by atoms with van der Waals surface area (Å²) in [7, 11) is 0. The van der Waals surface area contributed by atoms with E-state index in [0.717, 1.165) is 9.13 Å². The van der Waals surface area contributed by atoms with Crippen molar-refractivity contribution in [2.75, 3.05) is 6.61 Å². The molecule has 0 saturated heterocycles. The molecular weight excluding hydrogens is 415 g/mol. The van der Waals surface area contributed by atoms with Gasteiger partial charge in [0.25, 0.3) is 0 Å². The van der Waals surface area contributed by atoms with Crippen LogP contribution in [0.5, 0.6) is 0 Å². The minimum atomic E-state index is -0.392. The summed E-state index contributed by atoms with van der Waals surface area (Å²) in [4.78, 5) is 19.6. The second kappa shape index (κ2) is 6.26. The molecule has 0 aliphatic heterocycles. The second-order valence-corrected chi connectivity index (χ2v) is 6.32. The molecule has 2 aromatic carbocycles. The number of aromatic nitrogens is 2. The summed E-state index contributed by atoms with van der Waals surface area (Å²) in [5, 5.41) is 0.425. The number of benzene rings is 2. The van der Waals surface area contributed by atoms with Gasteiger partial charge in [0.1, 0.15) is 11.3 Å². The van der Waals surface area contributed by atoms with Gasteiger partial charge >= 0.3 is 5.97 Å². The Hall–Kier alpha value is -1.60. The lowest BCUT2D eigenvalue weighted by Gasteiger charge is -2.02. The number of H-pyrrole nitrogens is 1. The fraction of sp³-hybridized carbons (Fsp3) is 0.125. The van der Waals surface area contributed by atoms with Crippen molar-refractivity contribution in [3.05, 3.63) is 50.6 Å². The summed E-state index contributed by atoms with van der Waals surface area (Å²) >= 11 is 8.49. The average Bonchev–Trinajstić information content (AvgIpc) is 2.93. The predicted octanol–water partition coefficient (Wildman–Crippen LogP) is 4.66. The molecule has 0 fully saturated rings. The molecule has 6 heteroatoms. The number of nitrogens with one attached hydrogen (secondary N) is 1. The van der Waals surface area contributed by atoms with Crippen molar-refractivity contribution in [3.63, 3.8) is 0 Å². The monoisotopic (exact) mass is 426 g/mol. The molecule has 0 unspecified atom stereocenters. The Morgan fingerprint density at radius 1 is 1.32 bits per heavy atom. The quantitative estimate of drug-likeness (QED) is 0.489. The van der Waals surface area contributed by atoms with Crippen LogP contribution < -0.4 is 0 Å². The summed E-state index contributed by atoms with van der Waals surface area (Å²) in [6.07, 6.45) is 0. The van der Waals surface area contributed by atoms with Crippen molar-refractivity contribution in [3.8, 4) is 11.4 Å². The third-order valence-corrected chi connectivity index (χ3v) is 4.18. The smallest absolute Gasteiger partial charge is 0.338 e. The van der Waals surface area contributed by atoms with E-state index in [1.807, 2.05) is 24.3 Å². The number of halogens is 2. The van der Waals surface area contributed by atoms with Crippen molar-refractivity contribution >= 4 is 51.2 Å². The standard InChI is InChI=1S/C16H12ClIN2O2/c1-2-22-16(21)10-7-12(17)14-13(8-10)19-15(20-14)9-3-5-11(18)6-4-9/h3-8H,2H2,1H3,(H,19,20). The lowest BCUT2D eigenvalue weighted by atomic mass is 10.2. The van der Waals surface area contributed by atoms with Gasteiger partial charge in [-0.3, -0.25) is 0 Å². The van der Waals surface area contributed by atoms with Crippen LogP contribution in [0.4, 0.5) is 0 Å². The molecular formula is C16H12ClIN2O2. The summed E-state index contributed by atoms with van der Waals surface area (Å²) in [6.45, 7) is 2.09. The molecule has 0 radical (unpaired) electrons. The fourth-order valence-electron chi connectivity index (χ4n) is 2.15. The van der Waals surface area contributed by atoms with E-state index in [2.05, 4.69) is 32.6 Å². The number of imidazole rings is 1. The molecule has 0 aliphatic rings. The molecule has 4 nitrogen and oxygen atoms in total. The van der Waals surface area contributed by atoms with E-state index in [4.69, 9.17) is 16.3 Å². The molecule has 0 amide bonds. The highest BCUT2D eigenvalue weighted by Gasteiger charge is 2.14. The van der Waals surface area contributed by atoms with Gasteiger partial charge in [-0.1, -0.05) is 23.7 Å². The van der Waals surface area contributed by atoms with Crippen molar-refractivity contribution in [1.82, 2.24) is 9.97 Å². The lowest BCUT2D eigenvalue weighted by Crippen LogP contribution is -2.04. The maximum atomic E-state index is 11.8. The number of nitrogens with zero attached hydrogens (tertiary/aromatic N) is 1. The van der Waals surface area contributed by atoms with Crippen molar-refractivity contribution in [2.45, 2.75) is 6.92 Å². The van der Waals surface area contributed by atoms with Crippen LogP contribution in [0, 0.1) is 3.57 Å². The average molecular weight is 427 g/mol. The Morgan fingerprint density at radius 2 is 2.05 bits per heavy atom. The number of hydrogen-bond acceptors (Lipinski definition) is 3. The van der Waals surface area contributed by atoms with E-state index in [9.17, 15) is 4.79 Å². The first kappa shape index (κ1) is 15.3. The van der Waals surface area contributed by atoms with Crippen LogP contribution in [0.15, 0.2) is 36.4 Å². The van der Waals surface area contributed by atoms with Gasteiger partial charge in [0.15, 0.2) is 0 Å². The van der Waals surface area contributed by atoms with E-state index >= 15 is 0 Å². The normalized spacial score (nSPS) is 10.9. The van der Waals surface area contributed by atoms with E-state index in [-0.39, 0.29) is 0 Å². The molecule has 3 aromatic rings. The van der Waals surface area contributed by atoms with Gasteiger partial charge in [-0.2, -0.15) is 0 Å². The molecule has 1 N–H and O–H groups in total. The fourth-order valence-corrected chi connectivity index (χ4v) is 2.77. The van der Waals surface area contributed by atoms with Gasteiger partial charge in [0, 0.05) is 9.13 Å². The molecule has 0 spiro atoms. The van der Waals surface area contributed by atoms with Crippen LogP contribution in [0.3, 0.4) is 0 Å². The molecule has 0 atom stereocenters. The van der Waals surface area contributed by atoms with Crippen LogP contribution in [0.1, 0.15) is 17.3 Å². The number of carbonyl (C=O) groups is 1. The van der Waals surface area contributed by atoms with Gasteiger partial charge in [0.2, 0.25) is 0 Å². The van der Waals surface area contributed by atoms with Crippen LogP contribution >= 0.6 is 34.2 Å². The van der Waals surface area contributed by atoms with Gasteiger partial charge in [-0.25, -0.2) is 9.78 Å². The maximum Gasteiger partial charge on any atom is 0.338 e. The highest BCUT2D eigenvalue weighted by atomic mass is 127. The van der Waals surface area contributed by atoms with Gasteiger partial charge in [-0.15, -0.1) is 0 Å². The molecule has 1 heterocycles. The largest absolute Gasteiger partial charge is 0.462 e. The maximum absolute atomic E-state index is 11.8. The van der Waals surface area contributed by atoms with Crippen molar-refractivity contribution in [2.24, 2.45) is 0 Å². The number of hydrogen-bond donors (Lipinski definition) is 1. The number of ether oxygens (including phenoxy) is 1. The summed E-state index contributed by atoms with van der Waals surface area (Å²) in [5.74, 6) is 0.325. The van der Waals surface area contributed by atoms with E-state index < -0.39 is 5.97 Å².